The van der Waals surface area contributed by atoms with Crippen LogP contribution in [0.4, 0.5) is 0 Å². The van der Waals surface area contributed by atoms with E-state index in [0.717, 1.165) is 0 Å². The average Bonchev–Trinajstić information content (AvgIpc) is 2.99. The normalized spacial score (nSPS) is 11.7. The zero-order valence-corrected chi connectivity index (χ0v) is 20.9. The van der Waals surface area contributed by atoms with Crippen molar-refractivity contribution in [3.8, 4) is 33.4 Å². The molecule has 0 radical (unpaired) electrons. The molecule has 0 fully saturated rings. The average molecular weight is 481 g/mol. The molecule has 0 unspecified atom stereocenters. The molecular weight excluding hydrogens is 456 g/mol. The highest BCUT2D eigenvalue weighted by Gasteiger charge is 2.18. The summed E-state index contributed by atoms with van der Waals surface area (Å²) in [6.07, 6.45) is 0. The zero-order chi connectivity index (χ0) is 25.1. The van der Waals surface area contributed by atoms with E-state index in [1.165, 1.54) is 76.5 Å². The Balaban J connectivity index is 1.51. The molecule has 0 atom stereocenters. The van der Waals surface area contributed by atoms with E-state index in [2.05, 4.69) is 146 Å². The van der Waals surface area contributed by atoms with Crippen LogP contribution in [-0.2, 0) is 0 Å². The largest absolute Gasteiger partial charge is 0.0622 e. The van der Waals surface area contributed by atoms with E-state index in [1.807, 2.05) is 0 Å². The summed E-state index contributed by atoms with van der Waals surface area (Å²) in [6, 6.07) is 53.3. The van der Waals surface area contributed by atoms with Crippen LogP contribution in [0.2, 0.25) is 0 Å². The Hall–Kier alpha value is -4.94. The van der Waals surface area contributed by atoms with Crippen molar-refractivity contribution in [1.82, 2.24) is 0 Å². The first kappa shape index (κ1) is 21.2. The van der Waals surface area contributed by atoms with E-state index in [1.54, 1.807) is 0 Å². The predicted octanol–water partition coefficient (Wildman–Crippen LogP) is 10.7. The fourth-order valence-electron chi connectivity index (χ4n) is 6.25. The van der Waals surface area contributed by atoms with Crippen LogP contribution in [-0.4, -0.2) is 0 Å². The van der Waals surface area contributed by atoms with Crippen LogP contribution in [0.25, 0.3) is 76.5 Å². The lowest BCUT2D eigenvalue weighted by atomic mass is 9.84. The van der Waals surface area contributed by atoms with Crippen LogP contribution in [0.3, 0.4) is 0 Å². The standard InChI is InChI=1S/C38H24/c1-3-11-25(12-4-1)33-23-29-17-10-20-32-35(24-30-18-9-19-31(33)37(30)38(29)32)36-22-28-16-8-7-15-27(28)21-34(36)26-13-5-2-6-14-26/h1-24H. The number of hydrogen-bond donors (Lipinski definition) is 0. The van der Waals surface area contributed by atoms with Crippen LogP contribution in [0.1, 0.15) is 0 Å². The van der Waals surface area contributed by atoms with Gasteiger partial charge in [0.2, 0.25) is 0 Å². The van der Waals surface area contributed by atoms with Crippen LogP contribution < -0.4 is 0 Å². The third-order valence-corrected chi connectivity index (χ3v) is 7.97. The van der Waals surface area contributed by atoms with Gasteiger partial charge in [0.25, 0.3) is 0 Å². The van der Waals surface area contributed by atoms with E-state index in [-0.39, 0.29) is 0 Å². The molecular formula is C38H24. The summed E-state index contributed by atoms with van der Waals surface area (Å²) < 4.78 is 0. The fourth-order valence-corrected chi connectivity index (χ4v) is 6.25. The van der Waals surface area contributed by atoms with Gasteiger partial charge in [0, 0.05) is 0 Å². The fraction of sp³-hybridized carbons (Fsp3) is 0. The summed E-state index contributed by atoms with van der Waals surface area (Å²) in [4.78, 5) is 0. The second-order valence-corrected chi connectivity index (χ2v) is 10.1. The summed E-state index contributed by atoms with van der Waals surface area (Å²) >= 11 is 0. The molecule has 8 aromatic carbocycles. The Bertz CT molecular complexity index is 2100. The maximum absolute atomic E-state index is 2.41. The number of benzene rings is 8. The highest BCUT2D eigenvalue weighted by molar-refractivity contribution is 6.29. The first-order chi connectivity index (χ1) is 18.8. The molecule has 0 aliphatic heterocycles. The Labute approximate surface area is 221 Å². The topological polar surface area (TPSA) is 0 Å². The second-order valence-electron chi connectivity index (χ2n) is 10.1. The van der Waals surface area contributed by atoms with Crippen LogP contribution >= 0.6 is 0 Å². The molecule has 38 heavy (non-hydrogen) atoms. The van der Waals surface area contributed by atoms with Crippen molar-refractivity contribution in [2.24, 2.45) is 0 Å². The monoisotopic (exact) mass is 480 g/mol. The Morgan fingerprint density at radius 2 is 0.684 bits per heavy atom. The molecule has 0 aliphatic rings. The van der Waals surface area contributed by atoms with Crippen molar-refractivity contribution in [3.63, 3.8) is 0 Å². The third kappa shape index (κ3) is 3.17. The van der Waals surface area contributed by atoms with Gasteiger partial charge in [-0.05, 0) is 101 Å². The van der Waals surface area contributed by atoms with Gasteiger partial charge in [-0.3, -0.25) is 0 Å². The molecule has 0 spiro atoms. The van der Waals surface area contributed by atoms with Crippen LogP contribution in [0, 0.1) is 0 Å². The SMILES string of the molecule is c1ccc(-c2cc3ccccc3cc2-c2cc3cccc4c(-c5ccccc5)cc5cccc2c5c34)cc1. The molecule has 0 heteroatoms. The minimum atomic E-state index is 1.24. The van der Waals surface area contributed by atoms with Crippen molar-refractivity contribution in [2.75, 3.05) is 0 Å². The first-order valence-electron chi connectivity index (χ1n) is 13.2. The predicted molar refractivity (Wildman–Crippen MR) is 164 cm³/mol. The molecule has 0 nitrogen and oxygen atoms in total. The maximum Gasteiger partial charge on any atom is -0.00201 e. The maximum atomic E-state index is 2.41. The van der Waals surface area contributed by atoms with E-state index >= 15 is 0 Å². The van der Waals surface area contributed by atoms with Gasteiger partial charge in [0.1, 0.15) is 0 Å². The molecule has 0 heterocycles. The lowest BCUT2D eigenvalue weighted by Gasteiger charge is -2.20. The summed E-state index contributed by atoms with van der Waals surface area (Å²) in [5.41, 5.74) is 7.62. The Morgan fingerprint density at radius 3 is 1.29 bits per heavy atom. The third-order valence-electron chi connectivity index (χ3n) is 7.97. The minimum Gasteiger partial charge on any atom is -0.0622 e. The van der Waals surface area contributed by atoms with Gasteiger partial charge in [-0.1, -0.05) is 121 Å². The van der Waals surface area contributed by atoms with Crippen molar-refractivity contribution in [1.29, 1.82) is 0 Å². The van der Waals surface area contributed by atoms with Gasteiger partial charge in [0.05, 0.1) is 0 Å². The van der Waals surface area contributed by atoms with E-state index in [9.17, 15) is 0 Å². The molecule has 0 saturated heterocycles. The minimum absolute atomic E-state index is 1.24. The van der Waals surface area contributed by atoms with Crippen LogP contribution in [0.15, 0.2) is 146 Å². The van der Waals surface area contributed by atoms with Crippen molar-refractivity contribution in [3.05, 3.63) is 146 Å². The molecule has 176 valence electrons. The van der Waals surface area contributed by atoms with Crippen LogP contribution in [0.5, 0.6) is 0 Å². The molecule has 8 aromatic rings. The molecule has 0 aliphatic carbocycles. The van der Waals surface area contributed by atoms with Gasteiger partial charge in [0.15, 0.2) is 0 Å². The molecule has 8 rings (SSSR count). The van der Waals surface area contributed by atoms with E-state index < -0.39 is 0 Å². The molecule has 0 amide bonds. The number of rotatable bonds is 3. The molecule has 0 aromatic heterocycles. The number of hydrogen-bond acceptors (Lipinski definition) is 0. The van der Waals surface area contributed by atoms with Gasteiger partial charge in [-0.15, -0.1) is 0 Å². The van der Waals surface area contributed by atoms with Crippen molar-refractivity contribution in [2.45, 2.75) is 0 Å². The van der Waals surface area contributed by atoms with Crippen molar-refractivity contribution < 1.29 is 0 Å². The van der Waals surface area contributed by atoms with E-state index in [0.29, 0.717) is 0 Å². The van der Waals surface area contributed by atoms with Gasteiger partial charge >= 0.3 is 0 Å². The van der Waals surface area contributed by atoms with E-state index in [4.69, 9.17) is 0 Å². The summed E-state index contributed by atoms with van der Waals surface area (Å²) in [7, 11) is 0. The summed E-state index contributed by atoms with van der Waals surface area (Å²) in [6.45, 7) is 0. The highest BCUT2D eigenvalue weighted by atomic mass is 14.2. The molecule has 0 bridgehead atoms. The summed E-state index contributed by atoms with van der Waals surface area (Å²) in [5, 5.41) is 10.4. The molecule has 0 N–H and O–H groups in total. The highest BCUT2D eigenvalue weighted by Crippen LogP contribution is 2.46. The van der Waals surface area contributed by atoms with Gasteiger partial charge in [-0.2, -0.15) is 0 Å². The lowest BCUT2D eigenvalue weighted by Crippen LogP contribution is -1.92. The summed E-state index contributed by atoms with van der Waals surface area (Å²) in [5.74, 6) is 0. The Morgan fingerprint density at radius 1 is 0.263 bits per heavy atom. The quantitative estimate of drug-likeness (QED) is 0.221. The smallest absolute Gasteiger partial charge is 0.00201 e. The zero-order valence-electron chi connectivity index (χ0n) is 20.9. The second kappa shape index (κ2) is 8.30. The lowest BCUT2D eigenvalue weighted by molar-refractivity contribution is 1.63. The Kier molecular flexibility index (Phi) is 4.62. The van der Waals surface area contributed by atoms with Crippen molar-refractivity contribution >= 4 is 43.1 Å². The van der Waals surface area contributed by atoms with Gasteiger partial charge < -0.3 is 0 Å². The number of fused-ring (bicyclic) bond motifs is 1. The van der Waals surface area contributed by atoms with Gasteiger partial charge in [-0.25, -0.2) is 0 Å². The molecule has 0 saturated carbocycles. The first-order valence-corrected chi connectivity index (χ1v) is 13.2.